The van der Waals surface area contributed by atoms with Crippen LogP contribution in [0.1, 0.15) is 38.9 Å². The molecule has 1 aromatic rings. The number of rotatable bonds is 2. The third-order valence-corrected chi connectivity index (χ3v) is 4.37. The number of amides is 1. The Hall–Kier alpha value is -1.49. The van der Waals surface area contributed by atoms with Crippen LogP contribution in [0.3, 0.4) is 0 Å². The molecule has 1 N–H and O–H groups in total. The van der Waals surface area contributed by atoms with Crippen LogP contribution in [0.25, 0.3) is 0 Å². The average Bonchev–Trinajstić information content (AvgIpc) is 2.86. The van der Waals surface area contributed by atoms with E-state index in [0.717, 1.165) is 12.5 Å². The first-order chi connectivity index (χ1) is 9.31. The van der Waals surface area contributed by atoms with E-state index < -0.39 is 17.8 Å². The summed E-state index contributed by atoms with van der Waals surface area (Å²) in [6.45, 7) is 5.95. The maximum Gasteiger partial charge on any atom is 0.241 e. The summed E-state index contributed by atoms with van der Waals surface area (Å²) in [5, 5.41) is 3.10. The first-order valence-electron chi connectivity index (χ1n) is 6.84. The lowest BCUT2D eigenvalue weighted by Gasteiger charge is -2.26. The van der Waals surface area contributed by atoms with Gasteiger partial charge in [-0.3, -0.25) is 10.1 Å². The zero-order chi connectivity index (χ0) is 14.7. The third-order valence-electron chi connectivity index (χ3n) is 4.37. The summed E-state index contributed by atoms with van der Waals surface area (Å²) in [7, 11) is 0. The number of nitrogens with zero attached hydrogens (tertiary/aromatic N) is 1. The van der Waals surface area contributed by atoms with Gasteiger partial charge in [-0.15, -0.1) is 0 Å². The summed E-state index contributed by atoms with van der Waals surface area (Å²) >= 11 is 0. The smallest absolute Gasteiger partial charge is 0.241 e. The molecule has 1 heterocycles. The molecule has 2 fully saturated rings. The molecule has 1 saturated carbocycles. The van der Waals surface area contributed by atoms with Crippen molar-refractivity contribution in [3.05, 3.63) is 35.4 Å². The Morgan fingerprint density at radius 1 is 1.35 bits per heavy atom. The van der Waals surface area contributed by atoms with Crippen molar-refractivity contribution in [2.75, 3.05) is 0 Å². The van der Waals surface area contributed by atoms with E-state index in [2.05, 4.69) is 19.2 Å². The van der Waals surface area contributed by atoms with Crippen LogP contribution in [0, 0.1) is 17.0 Å². The second-order valence-electron chi connectivity index (χ2n) is 6.41. The van der Waals surface area contributed by atoms with Gasteiger partial charge in [-0.05, 0) is 30.9 Å². The highest BCUT2D eigenvalue weighted by molar-refractivity contribution is 5.85. The molecule has 0 spiro atoms. The Bertz CT molecular complexity index is 573. The molecule has 1 aromatic carbocycles. The highest BCUT2D eigenvalue weighted by Crippen LogP contribution is 2.52. The zero-order valence-electron chi connectivity index (χ0n) is 11.8. The van der Waals surface area contributed by atoms with Crippen LogP contribution in [-0.4, -0.2) is 22.9 Å². The van der Waals surface area contributed by atoms with E-state index in [-0.39, 0.29) is 23.4 Å². The SMILES string of the molecule is CC1NC(c2ccc(F)cc2F)N(C2CC2(C)C)C1=O. The van der Waals surface area contributed by atoms with Crippen molar-refractivity contribution in [3.63, 3.8) is 0 Å². The van der Waals surface area contributed by atoms with Crippen LogP contribution in [-0.2, 0) is 4.79 Å². The predicted octanol–water partition coefficient (Wildman–Crippen LogP) is 2.58. The lowest BCUT2D eigenvalue weighted by atomic mass is 10.1. The van der Waals surface area contributed by atoms with Crippen molar-refractivity contribution in [3.8, 4) is 0 Å². The molecule has 1 saturated heterocycles. The highest BCUT2D eigenvalue weighted by Gasteiger charge is 2.56. The molecular formula is C15H18F2N2O. The Balaban J connectivity index is 1.97. The summed E-state index contributed by atoms with van der Waals surface area (Å²) < 4.78 is 27.0. The summed E-state index contributed by atoms with van der Waals surface area (Å²) in [6, 6.07) is 3.27. The van der Waals surface area contributed by atoms with Crippen LogP contribution >= 0.6 is 0 Å². The Kier molecular flexibility index (Phi) is 2.87. The molecule has 1 aliphatic heterocycles. The average molecular weight is 280 g/mol. The molecule has 1 aliphatic carbocycles. The van der Waals surface area contributed by atoms with E-state index in [1.165, 1.54) is 12.1 Å². The molecule has 0 aromatic heterocycles. The maximum absolute atomic E-state index is 14.0. The minimum Gasteiger partial charge on any atom is -0.318 e. The molecule has 3 atom stereocenters. The summed E-state index contributed by atoms with van der Waals surface area (Å²) in [4.78, 5) is 14.0. The lowest BCUT2D eigenvalue weighted by Crippen LogP contribution is -2.35. The summed E-state index contributed by atoms with van der Waals surface area (Å²) in [5.74, 6) is -1.25. The summed E-state index contributed by atoms with van der Waals surface area (Å²) in [6.07, 6.45) is 0.400. The quantitative estimate of drug-likeness (QED) is 0.903. The van der Waals surface area contributed by atoms with E-state index in [4.69, 9.17) is 0 Å². The van der Waals surface area contributed by atoms with Crippen LogP contribution < -0.4 is 5.32 Å². The van der Waals surface area contributed by atoms with Gasteiger partial charge < -0.3 is 4.90 Å². The molecule has 0 radical (unpaired) electrons. The molecule has 0 bridgehead atoms. The molecule has 2 aliphatic rings. The molecule has 3 unspecified atom stereocenters. The van der Waals surface area contributed by atoms with Gasteiger partial charge in [0.1, 0.15) is 17.8 Å². The van der Waals surface area contributed by atoms with Gasteiger partial charge >= 0.3 is 0 Å². The predicted molar refractivity (Wildman–Crippen MR) is 70.7 cm³/mol. The van der Waals surface area contributed by atoms with Crippen LogP contribution in [0.4, 0.5) is 8.78 Å². The van der Waals surface area contributed by atoms with Gasteiger partial charge in [-0.2, -0.15) is 0 Å². The van der Waals surface area contributed by atoms with E-state index in [1.807, 2.05) is 0 Å². The Morgan fingerprint density at radius 2 is 2.00 bits per heavy atom. The van der Waals surface area contributed by atoms with Crippen molar-refractivity contribution in [2.45, 2.75) is 45.4 Å². The fourth-order valence-electron chi connectivity index (χ4n) is 2.95. The molecule has 3 nitrogen and oxygen atoms in total. The largest absolute Gasteiger partial charge is 0.318 e. The van der Waals surface area contributed by atoms with Crippen molar-refractivity contribution in [1.82, 2.24) is 10.2 Å². The number of benzene rings is 1. The fraction of sp³-hybridized carbons (Fsp3) is 0.533. The number of hydrogen-bond donors (Lipinski definition) is 1. The Morgan fingerprint density at radius 3 is 2.55 bits per heavy atom. The first-order valence-corrected chi connectivity index (χ1v) is 6.84. The number of hydrogen-bond acceptors (Lipinski definition) is 2. The van der Waals surface area contributed by atoms with Gasteiger partial charge in [0.15, 0.2) is 0 Å². The van der Waals surface area contributed by atoms with Gasteiger partial charge in [0.2, 0.25) is 5.91 Å². The molecule has 1 amide bonds. The van der Waals surface area contributed by atoms with E-state index in [1.54, 1.807) is 11.8 Å². The van der Waals surface area contributed by atoms with Gasteiger partial charge in [0, 0.05) is 17.7 Å². The molecule has 20 heavy (non-hydrogen) atoms. The number of carbonyl (C=O) groups is 1. The van der Waals surface area contributed by atoms with Gasteiger partial charge in [-0.1, -0.05) is 13.8 Å². The van der Waals surface area contributed by atoms with Gasteiger partial charge in [0.25, 0.3) is 0 Å². The van der Waals surface area contributed by atoms with Gasteiger partial charge in [-0.25, -0.2) is 8.78 Å². The van der Waals surface area contributed by atoms with Crippen LogP contribution in [0.2, 0.25) is 0 Å². The van der Waals surface area contributed by atoms with Crippen LogP contribution in [0.15, 0.2) is 18.2 Å². The van der Waals surface area contributed by atoms with E-state index in [0.29, 0.717) is 5.56 Å². The second kappa shape index (κ2) is 4.25. The van der Waals surface area contributed by atoms with Gasteiger partial charge in [0.05, 0.1) is 6.04 Å². The molecule has 5 heteroatoms. The molecule has 3 rings (SSSR count). The zero-order valence-corrected chi connectivity index (χ0v) is 11.8. The van der Waals surface area contributed by atoms with Crippen molar-refractivity contribution in [1.29, 1.82) is 0 Å². The van der Waals surface area contributed by atoms with Crippen molar-refractivity contribution < 1.29 is 13.6 Å². The normalized spacial score (nSPS) is 31.8. The minimum absolute atomic E-state index is 0.0192. The monoisotopic (exact) mass is 280 g/mol. The maximum atomic E-state index is 14.0. The number of nitrogens with one attached hydrogen (secondary N) is 1. The molecular weight excluding hydrogens is 262 g/mol. The summed E-state index contributed by atoms with van der Waals surface area (Å²) in [5.41, 5.74) is 0.391. The fourth-order valence-corrected chi connectivity index (χ4v) is 2.95. The third kappa shape index (κ3) is 2.00. The molecule has 108 valence electrons. The Labute approximate surface area is 117 Å². The van der Waals surface area contributed by atoms with Crippen LogP contribution in [0.5, 0.6) is 0 Å². The lowest BCUT2D eigenvalue weighted by molar-refractivity contribution is -0.130. The number of halogens is 2. The van der Waals surface area contributed by atoms with E-state index in [9.17, 15) is 13.6 Å². The second-order valence-corrected chi connectivity index (χ2v) is 6.41. The topological polar surface area (TPSA) is 32.3 Å². The first kappa shape index (κ1) is 13.5. The van der Waals surface area contributed by atoms with Crippen molar-refractivity contribution >= 4 is 5.91 Å². The minimum atomic E-state index is -0.618. The van der Waals surface area contributed by atoms with E-state index >= 15 is 0 Å². The number of carbonyl (C=O) groups excluding carboxylic acids is 1. The highest BCUT2D eigenvalue weighted by atomic mass is 19.1. The van der Waals surface area contributed by atoms with Crippen molar-refractivity contribution in [2.24, 2.45) is 5.41 Å². The standard InChI is InChI=1S/C15H18F2N2O/c1-8-14(20)19(12-7-15(12,2)3)13(18-8)10-5-4-9(16)6-11(10)17/h4-6,8,12-13,18H,7H2,1-3H3.